The molecule has 3 rings (SSSR count). The fourth-order valence-electron chi connectivity index (χ4n) is 3.84. The van der Waals surface area contributed by atoms with E-state index in [9.17, 15) is 9.18 Å². The zero-order chi connectivity index (χ0) is 19.1. The van der Waals surface area contributed by atoms with Crippen LogP contribution in [0.4, 0.5) is 9.18 Å². The van der Waals surface area contributed by atoms with Gasteiger partial charge < -0.3 is 25.0 Å². The van der Waals surface area contributed by atoms with Crippen molar-refractivity contribution in [3.8, 4) is 5.75 Å². The molecule has 0 radical (unpaired) electrons. The highest BCUT2D eigenvalue weighted by atomic mass is 19.1. The number of carbonyl (C=O) groups excluding carboxylic acids is 1. The molecule has 1 atom stereocenters. The van der Waals surface area contributed by atoms with Crippen LogP contribution in [-0.4, -0.2) is 72.9 Å². The molecule has 1 unspecified atom stereocenters. The number of halogens is 1. The number of amides is 2. The van der Waals surface area contributed by atoms with E-state index in [1.165, 1.54) is 12.1 Å². The number of likely N-dealkylation sites (tertiary alicyclic amines) is 2. The Balaban J connectivity index is 1.40. The third-order valence-electron chi connectivity index (χ3n) is 5.44. The number of piperidine rings is 2. The SMILES string of the molecule is O=C(NC1CCN(CCO)CC1)N1CCCC(COc2ccc(F)cc2)C1. The molecule has 0 aliphatic carbocycles. The molecule has 0 aromatic heterocycles. The summed E-state index contributed by atoms with van der Waals surface area (Å²) in [5.41, 5.74) is 0. The average molecular weight is 379 g/mol. The number of hydrogen-bond acceptors (Lipinski definition) is 4. The van der Waals surface area contributed by atoms with Gasteiger partial charge in [-0.05, 0) is 49.9 Å². The molecule has 27 heavy (non-hydrogen) atoms. The topological polar surface area (TPSA) is 65.0 Å². The van der Waals surface area contributed by atoms with E-state index in [1.54, 1.807) is 12.1 Å². The third-order valence-corrected chi connectivity index (χ3v) is 5.44. The molecule has 150 valence electrons. The molecule has 2 heterocycles. The van der Waals surface area contributed by atoms with Gasteiger partial charge in [-0.1, -0.05) is 0 Å². The van der Waals surface area contributed by atoms with Gasteiger partial charge in [0.25, 0.3) is 0 Å². The Kier molecular flexibility index (Phi) is 7.29. The summed E-state index contributed by atoms with van der Waals surface area (Å²) >= 11 is 0. The molecule has 7 heteroatoms. The molecule has 2 saturated heterocycles. The van der Waals surface area contributed by atoms with E-state index in [2.05, 4.69) is 10.2 Å². The Bertz CT molecular complexity index is 591. The Hall–Kier alpha value is -1.86. The molecule has 0 saturated carbocycles. The first-order valence-electron chi connectivity index (χ1n) is 9.91. The number of β-amino-alcohol motifs (C(OH)–C–C–N with tert-alkyl or cyclic N) is 1. The van der Waals surface area contributed by atoms with E-state index in [-0.39, 0.29) is 24.5 Å². The van der Waals surface area contributed by atoms with Crippen LogP contribution >= 0.6 is 0 Å². The van der Waals surface area contributed by atoms with Gasteiger partial charge in [-0.3, -0.25) is 0 Å². The maximum atomic E-state index is 13.0. The normalized spacial score (nSPS) is 21.9. The van der Waals surface area contributed by atoms with Gasteiger partial charge in [0.15, 0.2) is 0 Å². The van der Waals surface area contributed by atoms with Crippen molar-refractivity contribution < 1.29 is 19.0 Å². The van der Waals surface area contributed by atoms with E-state index in [0.717, 1.165) is 45.3 Å². The molecule has 1 aromatic carbocycles. The van der Waals surface area contributed by atoms with Crippen LogP contribution in [0.25, 0.3) is 0 Å². The maximum absolute atomic E-state index is 13.0. The number of ether oxygens (including phenoxy) is 1. The van der Waals surface area contributed by atoms with Gasteiger partial charge in [-0.2, -0.15) is 0 Å². The fourth-order valence-corrected chi connectivity index (χ4v) is 3.84. The molecule has 2 aliphatic heterocycles. The number of rotatable bonds is 6. The highest BCUT2D eigenvalue weighted by molar-refractivity contribution is 5.74. The van der Waals surface area contributed by atoms with Crippen molar-refractivity contribution >= 4 is 6.03 Å². The van der Waals surface area contributed by atoms with Crippen molar-refractivity contribution in [1.82, 2.24) is 15.1 Å². The zero-order valence-corrected chi connectivity index (χ0v) is 15.8. The van der Waals surface area contributed by atoms with Gasteiger partial charge in [0, 0.05) is 44.7 Å². The quantitative estimate of drug-likeness (QED) is 0.794. The largest absolute Gasteiger partial charge is 0.493 e. The van der Waals surface area contributed by atoms with Gasteiger partial charge >= 0.3 is 6.03 Å². The highest BCUT2D eigenvalue weighted by Gasteiger charge is 2.27. The first-order valence-corrected chi connectivity index (χ1v) is 9.91. The van der Waals surface area contributed by atoms with E-state index < -0.39 is 0 Å². The minimum Gasteiger partial charge on any atom is -0.493 e. The van der Waals surface area contributed by atoms with Crippen LogP contribution in [0, 0.1) is 11.7 Å². The van der Waals surface area contributed by atoms with Crippen molar-refractivity contribution in [2.45, 2.75) is 31.7 Å². The second kappa shape index (κ2) is 9.90. The lowest BCUT2D eigenvalue weighted by Gasteiger charge is -2.36. The smallest absolute Gasteiger partial charge is 0.317 e. The van der Waals surface area contributed by atoms with E-state index in [0.29, 0.717) is 31.4 Å². The van der Waals surface area contributed by atoms with Crippen LogP contribution in [0.3, 0.4) is 0 Å². The Morgan fingerprint density at radius 3 is 2.63 bits per heavy atom. The van der Waals surface area contributed by atoms with Crippen molar-refractivity contribution in [2.75, 3.05) is 45.9 Å². The Labute approximate surface area is 160 Å². The molecule has 0 bridgehead atoms. The summed E-state index contributed by atoms with van der Waals surface area (Å²) in [6.07, 6.45) is 3.86. The lowest BCUT2D eigenvalue weighted by Crippen LogP contribution is -2.52. The molecule has 6 nitrogen and oxygen atoms in total. The monoisotopic (exact) mass is 379 g/mol. The van der Waals surface area contributed by atoms with E-state index >= 15 is 0 Å². The number of benzene rings is 1. The molecule has 2 amide bonds. The summed E-state index contributed by atoms with van der Waals surface area (Å²) in [6.45, 7) is 4.74. The zero-order valence-electron chi connectivity index (χ0n) is 15.8. The number of urea groups is 1. The Morgan fingerprint density at radius 2 is 1.93 bits per heavy atom. The van der Waals surface area contributed by atoms with Crippen molar-refractivity contribution in [2.24, 2.45) is 5.92 Å². The number of nitrogens with zero attached hydrogens (tertiary/aromatic N) is 2. The number of hydrogen-bond donors (Lipinski definition) is 2. The van der Waals surface area contributed by atoms with Gasteiger partial charge in [0.1, 0.15) is 11.6 Å². The number of aliphatic hydroxyl groups is 1. The summed E-state index contributed by atoms with van der Waals surface area (Å²) < 4.78 is 18.7. The minimum absolute atomic E-state index is 0.0158. The first kappa shape index (κ1) is 19.9. The molecule has 0 spiro atoms. The summed E-state index contributed by atoms with van der Waals surface area (Å²) in [5.74, 6) is 0.679. The van der Waals surface area contributed by atoms with Crippen LogP contribution in [0.2, 0.25) is 0 Å². The first-order chi connectivity index (χ1) is 13.1. The Morgan fingerprint density at radius 1 is 1.19 bits per heavy atom. The summed E-state index contributed by atoms with van der Waals surface area (Å²) in [4.78, 5) is 16.7. The summed E-state index contributed by atoms with van der Waals surface area (Å²) in [7, 11) is 0. The highest BCUT2D eigenvalue weighted by Crippen LogP contribution is 2.20. The second-order valence-electron chi connectivity index (χ2n) is 7.51. The molecule has 2 N–H and O–H groups in total. The van der Waals surface area contributed by atoms with Gasteiger partial charge in [-0.25, -0.2) is 9.18 Å². The second-order valence-corrected chi connectivity index (χ2v) is 7.51. The third kappa shape index (κ3) is 6.07. The standard InChI is InChI=1S/C20H30FN3O3/c21-17-3-5-19(6-4-17)27-15-16-2-1-9-24(14-16)20(26)22-18-7-10-23(11-8-18)12-13-25/h3-6,16,18,25H,1-2,7-15H2,(H,22,26). The predicted molar refractivity (Wildman–Crippen MR) is 101 cm³/mol. The van der Waals surface area contributed by atoms with E-state index in [4.69, 9.17) is 9.84 Å². The average Bonchev–Trinajstić information content (AvgIpc) is 2.69. The van der Waals surface area contributed by atoms with Crippen molar-refractivity contribution in [3.05, 3.63) is 30.1 Å². The van der Waals surface area contributed by atoms with Crippen LogP contribution in [-0.2, 0) is 0 Å². The van der Waals surface area contributed by atoms with Gasteiger partial charge in [-0.15, -0.1) is 0 Å². The van der Waals surface area contributed by atoms with Gasteiger partial charge in [0.05, 0.1) is 13.2 Å². The van der Waals surface area contributed by atoms with Crippen molar-refractivity contribution in [3.63, 3.8) is 0 Å². The van der Waals surface area contributed by atoms with Gasteiger partial charge in [0.2, 0.25) is 0 Å². The van der Waals surface area contributed by atoms with Crippen molar-refractivity contribution in [1.29, 1.82) is 0 Å². The van der Waals surface area contributed by atoms with E-state index in [1.807, 2.05) is 4.90 Å². The van der Waals surface area contributed by atoms with Crippen LogP contribution in [0.15, 0.2) is 24.3 Å². The molecule has 2 aliphatic rings. The van der Waals surface area contributed by atoms with Crippen LogP contribution < -0.4 is 10.1 Å². The summed E-state index contributed by atoms with van der Waals surface area (Å²) in [6, 6.07) is 6.27. The fraction of sp³-hybridized carbons (Fsp3) is 0.650. The number of carbonyl (C=O) groups is 1. The molecule has 2 fully saturated rings. The summed E-state index contributed by atoms with van der Waals surface area (Å²) in [5, 5.41) is 12.2. The van der Waals surface area contributed by atoms with Crippen LogP contribution in [0.1, 0.15) is 25.7 Å². The minimum atomic E-state index is -0.273. The molecular formula is C20H30FN3O3. The number of nitrogens with one attached hydrogen (secondary N) is 1. The molecular weight excluding hydrogens is 349 g/mol. The lowest BCUT2D eigenvalue weighted by molar-refractivity contribution is 0.126. The predicted octanol–water partition coefficient (Wildman–Crippen LogP) is 2.08. The van der Waals surface area contributed by atoms with Crippen LogP contribution in [0.5, 0.6) is 5.75 Å². The maximum Gasteiger partial charge on any atom is 0.317 e. The number of aliphatic hydroxyl groups excluding tert-OH is 1. The molecule has 1 aromatic rings. The lowest BCUT2D eigenvalue weighted by atomic mass is 9.99.